The number of halogens is 2. The maximum Gasteiger partial charge on any atom is 0.284 e. The molecule has 0 radical (unpaired) electrons. The Morgan fingerprint density at radius 3 is 2.70 bits per heavy atom. The first-order valence-electron chi connectivity index (χ1n) is 6.03. The van der Waals surface area contributed by atoms with Gasteiger partial charge in [0.15, 0.2) is 0 Å². The Balaban J connectivity index is 1.91. The van der Waals surface area contributed by atoms with E-state index in [1.54, 1.807) is 19.2 Å². The van der Waals surface area contributed by atoms with Gasteiger partial charge in [-0.2, -0.15) is 8.78 Å². The molecule has 0 amide bonds. The summed E-state index contributed by atoms with van der Waals surface area (Å²) in [6.07, 6.45) is 0. The smallest absolute Gasteiger partial charge is 0.284 e. The normalized spacial score (nSPS) is 10.8. The molecule has 0 unspecified atom stereocenters. The van der Waals surface area contributed by atoms with Gasteiger partial charge < -0.3 is 14.5 Å². The molecular weight excluding hydrogens is 284 g/mol. The number of thioether (sulfide) groups is 1. The molecule has 6 heteroatoms. The minimum atomic E-state index is -2.38. The molecule has 1 N–H and O–H groups in total. The van der Waals surface area contributed by atoms with E-state index in [0.29, 0.717) is 29.8 Å². The van der Waals surface area contributed by atoms with E-state index in [4.69, 9.17) is 9.15 Å². The van der Waals surface area contributed by atoms with Crippen LogP contribution < -0.4 is 10.1 Å². The minimum absolute atomic E-state index is 0.173. The van der Waals surface area contributed by atoms with Crippen molar-refractivity contribution >= 4 is 17.4 Å². The van der Waals surface area contributed by atoms with Gasteiger partial charge in [-0.25, -0.2) is 0 Å². The maximum absolute atomic E-state index is 12.1. The van der Waals surface area contributed by atoms with Crippen molar-refractivity contribution in [3.05, 3.63) is 47.9 Å². The molecular formula is C14H15F2NO2S. The zero-order valence-corrected chi connectivity index (χ0v) is 11.8. The van der Waals surface area contributed by atoms with Crippen molar-refractivity contribution in [3.63, 3.8) is 0 Å². The van der Waals surface area contributed by atoms with Crippen molar-refractivity contribution in [2.24, 2.45) is 0 Å². The highest BCUT2D eigenvalue weighted by atomic mass is 32.2. The Bertz CT molecular complexity index is 545. The lowest BCUT2D eigenvalue weighted by molar-refractivity contribution is 0.251. The zero-order valence-electron chi connectivity index (χ0n) is 10.9. The van der Waals surface area contributed by atoms with Crippen molar-refractivity contribution in [1.82, 2.24) is 0 Å². The Morgan fingerprint density at radius 1 is 1.20 bits per heavy atom. The highest BCUT2D eigenvalue weighted by molar-refractivity contribution is 7.98. The van der Waals surface area contributed by atoms with Crippen LogP contribution in [-0.2, 0) is 12.3 Å². The molecule has 1 aromatic heterocycles. The molecule has 0 aliphatic rings. The van der Waals surface area contributed by atoms with Gasteiger partial charge in [0.1, 0.15) is 17.3 Å². The number of hydrogen-bond acceptors (Lipinski definition) is 4. The Kier molecular flexibility index (Phi) is 5.29. The molecule has 1 heterocycles. The maximum atomic E-state index is 12.1. The van der Waals surface area contributed by atoms with Crippen LogP contribution in [-0.4, -0.2) is 12.9 Å². The van der Waals surface area contributed by atoms with E-state index in [9.17, 15) is 8.78 Å². The third-order valence-corrected chi connectivity index (χ3v) is 3.33. The van der Waals surface area contributed by atoms with Gasteiger partial charge >= 0.3 is 0 Å². The monoisotopic (exact) mass is 299 g/mol. The number of hydrogen-bond donors (Lipinski definition) is 1. The van der Waals surface area contributed by atoms with E-state index >= 15 is 0 Å². The summed E-state index contributed by atoms with van der Waals surface area (Å²) in [5.41, 5.74) is 0.856. The van der Waals surface area contributed by atoms with Crippen LogP contribution >= 0.6 is 11.8 Å². The van der Waals surface area contributed by atoms with Crippen molar-refractivity contribution in [2.75, 3.05) is 12.4 Å². The summed E-state index contributed by atoms with van der Waals surface area (Å²) in [5, 5.41) is 3.18. The van der Waals surface area contributed by atoms with Crippen molar-refractivity contribution in [2.45, 2.75) is 18.1 Å². The molecule has 0 aliphatic heterocycles. The van der Waals surface area contributed by atoms with Crippen LogP contribution in [0.4, 0.5) is 14.5 Å². The van der Waals surface area contributed by atoms with Gasteiger partial charge in [0.2, 0.25) is 0 Å². The van der Waals surface area contributed by atoms with Crippen LogP contribution in [0, 0.1) is 0 Å². The molecule has 0 bridgehead atoms. The summed E-state index contributed by atoms with van der Waals surface area (Å²) in [6.45, 7) is 0.472. The lowest BCUT2D eigenvalue weighted by Gasteiger charge is -2.09. The van der Waals surface area contributed by atoms with Gasteiger partial charge in [0.05, 0.1) is 25.1 Å². The van der Waals surface area contributed by atoms with Crippen LogP contribution in [0.2, 0.25) is 0 Å². The first kappa shape index (κ1) is 14.7. The summed E-state index contributed by atoms with van der Waals surface area (Å²) in [4.78, 5) is 0. The Labute approximate surface area is 120 Å². The molecule has 2 rings (SSSR count). The predicted molar refractivity (Wildman–Crippen MR) is 76.3 cm³/mol. The molecule has 0 atom stereocenters. The van der Waals surface area contributed by atoms with E-state index in [-0.39, 0.29) is 5.75 Å². The second-order valence-electron chi connectivity index (χ2n) is 3.99. The third kappa shape index (κ3) is 4.16. The van der Waals surface area contributed by atoms with Crippen molar-refractivity contribution in [3.8, 4) is 5.75 Å². The van der Waals surface area contributed by atoms with E-state index < -0.39 is 5.76 Å². The summed E-state index contributed by atoms with van der Waals surface area (Å²) in [6, 6.07) is 11.0. The van der Waals surface area contributed by atoms with Gasteiger partial charge in [-0.15, -0.1) is 0 Å². The quantitative estimate of drug-likeness (QED) is 0.824. The van der Waals surface area contributed by atoms with E-state index in [0.717, 1.165) is 11.4 Å². The Hall–Kier alpha value is -1.69. The van der Waals surface area contributed by atoms with Crippen LogP contribution in [0.3, 0.4) is 0 Å². The first-order valence-corrected chi connectivity index (χ1v) is 7.08. The number of furan rings is 1. The van der Waals surface area contributed by atoms with E-state index in [1.165, 1.54) is 0 Å². The molecule has 20 heavy (non-hydrogen) atoms. The van der Waals surface area contributed by atoms with Crippen molar-refractivity contribution in [1.29, 1.82) is 0 Å². The standard InChI is InChI=1S/C14H15F2NO2S/c1-18-13-5-3-2-4-12(13)17-8-10-6-7-11(19-10)9-20-14(15)16/h2-7,14,17H,8-9H2,1H3. The van der Waals surface area contributed by atoms with E-state index in [1.807, 2.05) is 24.3 Å². The number of para-hydroxylation sites is 2. The number of benzene rings is 1. The highest BCUT2D eigenvalue weighted by Crippen LogP contribution is 2.25. The molecule has 0 spiro atoms. The van der Waals surface area contributed by atoms with Gasteiger partial charge in [0, 0.05) is 0 Å². The average molecular weight is 299 g/mol. The Morgan fingerprint density at radius 2 is 1.95 bits per heavy atom. The van der Waals surface area contributed by atoms with Gasteiger partial charge in [-0.3, -0.25) is 0 Å². The molecule has 0 saturated carbocycles. The second-order valence-corrected chi connectivity index (χ2v) is 4.97. The molecule has 108 valence electrons. The third-order valence-electron chi connectivity index (χ3n) is 2.63. The molecule has 1 aromatic carbocycles. The fourth-order valence-electron chi connectivity index (χ4n) is 1.71. The summed E-state index contributed by atoms with van der Waals surface area (Å²) >= 11 is 0.551. The number of ether oxygens (including phenoxy) is 1. The summed E-state index contributed by atoms with van der Waals surface area (Å²) in [5.74, 6) is -0.220. The summed E-state index contributed by atoms with van der Waals surface area (Å²) in [7, 11) is 1.60. The van der Waals surface area contributed by atoms with Crippen molar-refractivity contribution < 1.29 is 17.9 Å². The molecule has 0 fully saturated rings. The number of anilines is 1. The fraction of sp³-hybridized carbons (Fsp3) is 0.286. The van der Waals surface area contributed by atoms with Crippen LogP contribution in [0.15, 0.2) is 40.8 Å². The first-order chi connectivity index (χ1) is 9.69. The number of methoxy groups -OCH3 is 1. The highest BCUT2D eigenvalue weighted by Gasteiger charge is 2.08. The van der Waals surface area contributed by atoms with Gasteiger partial charge in [-0.1, -0.05) is 23.9 Å². The SMILES string of the molecule is COc1ccccc1NCc1ccc(CSC(F)F)o1. The zero-order chi connectivity index (χ0) is 14.4. The van der Waals surface area contributed by atoms with Crippen LogP contribution in [0.25, 0.3) is 0 Å². The predicted octanol–water partition coefficient (Wildman–Crippen LogP) is 4.36. The average Bonchev–Trinajstić information content (AvgIpc) is 2.91. The van der Waals surface area contributed by atoms with Gasteiger partial charge in [-0.05, 0) is 24.3 Å². The van der Waals surface area contributed by atoms with E-state index in [2.05, 4.69) is 5.32 Å². The number of alkyl halides is 2. The minimum Gasteiger partial charge on any atom is -0.495 e. The van der Waals surface area contributed by atoms with Gasteiger partial charge in [0.25, 0.3) is 5.76 Å². The molecule has 0 aliphatic carbocycles. The number of rotatable bonds is 7. The van der Waals surface area contributed by atoms with Crippen LogP contribution in [0.5, 0.6) is 5.75 Å². The number of nitrogens with one attached hydrogen (secondary N) is 1. The molecule has 3 nitrogen and oxygen atoms in total. The largest absolute Gasteiger partial charge is 0.495 e. The summed E-state index contributed by atoms with van der Waals surface area (Å²) < 4.78 is 34.8. The molecule has 2 aromatic rings. The molecule has 0 saturated heterocycles. The fourth-order valence-corrected chi connectivity index (χ4v) is 2.16. The second kappa shape index (κ2) is 7.19. The lowest BCUT2D eigenvalue weighted by atomic mass is 10.3. The van der Waals surface area contributed by atoms with Crippen LogP contribution in [0.1, 0.15) is 11.5 Å². The topological polar surface area (TPSA) is 34.4 Å². The lowest BCUT2D eigenvalue weighted by Crippen LogP contribution is -2.00.